The van der Waals surface area contributed by atoms with E-state index in [0.29, 0.717) is 11.5 Å². The quantitative estimate of drug-likeness (QED) is 0.773. The number of hydrogen-bond acceptors (Lipinski definition) is 3. The van der Waals surface area contributed by atoms with Crippen LogP contribution in [0, 0.1) is 0 Å². The molecular formula is C15H20BrNO3. The van der Waals surface area contributed by atoms with Crippen LogP contribution in [0.3, 0.4) is 0 Å². The summed E-state index contributed by atoms with van der Waals surface area (Å²) in [5.74, 6) is 1.34. The fourth-order valence-electron chi connectivity index (χ4n) is 2.18. The summed E-state index contributed by atoms with van der Waals surface area (Å²) >= 11 is 3.40. The van der Waals surface area contributed by atoms with Gasteiger partial charge in [-0.15, -0.1) is 0 Å². The number of alkyl halides is 1. The van der Waals surface area contributed by atoms with Crippen molar-refractivity contribution >= 4 is 21.8 Å². The number of carbonyl (C=O) groups excluding carboxylic acids is 1. The van der Waals surface area contributed by atoms with Gasteiger partial charge in [0.25, 0.3) is 5.91 Å². The smallest absolute Gasteiger partial charge is 0.267 e. The predicted octanol–water partition coefficient (Wildman–Crippen LogP) is 2.85. The standard InChI is InChI=1S/C15H20BrNO3/c1-11(2)17(9-5-8-16)15(18)14-10-19-12-6-3-4-7-13(12)20-14/h3-4,6-7,11,14H,5,8-10H2,1-2H3. The van der Waals surface area contributed by atoms with Crippen LogP contribution in [0.2, 0.25) is 0 Å². The first kappa shape index (κ1) is 15.2. The molecule has 0 aromatic heterocycles. The SMILES string of the molecule is CC(C)N(CCCBr)C(=O)C1COc2ccccc2O1. The third kappa shape index (κ3) is 3.45. The second-order valence-corrected chi connectivity index (χ2v) is 5.83. The molecule has 1 atom stereocenters. The van der Waals surface area contributed by atoms with Crippen LogP contribution in [0.4, 0.5) is 0 Å². The highest BCUT2D eigenvalue weighted by Crippen LogP contribution is 2.31. The summed E-state index contributed by atoms with van der Waals surface area (Å²) < 4.78 is 11.4. The summed E-state index contributed by atoms with van der Waals surface area (Å²) in [5, 5.41) is 0.883. The molecule has 4 nitrogen and oxygen atoms in total. The van der Waals surface area contributed by atoms with Crippen LogP contribution in [0.5, 0.6) is 11.5 Å². The van der Waals surface area contributed by atoms with E-state index >= 15 is 0 Å². The fourth-order valence-corrected chi connectivity index (χ4v) is 2.43. The zero-order chi connectivity index (χ0) is 14.5. The van der Waals surface area contributed by atoms with Gasteiger partial charge in [-0.1, -0.05) is 28.1 Å². The van der Waals surface area contributed by atoms with Gasteiger partial charge < -0.3 is 14.4 Å². The maximum absolute atomic E-state index is 12.6. The Morgan fingerprint density at radius 1 is 1.40 bits per heavy atom. The lowest BCUT2D eigenvalue weighted by molar-refractivity contribution is -0.143. The molecule has 5 heteroatoms. The van der Waals surface area contributed by atoms with Gasteiger partial charge in [0.1, 0.15) is 6.61 Å². The minimum atomic E-state index is -0.553. The molecule has 1 unspecified atom stereocenters. The van der Waals surface area contributed by atoms with Gasteiger partial charge in [-0.05, 0) is 32.4 Å². The minimum Gasteiger partial charge on any atom is -0.485 e. The van der Waals surface area contributed by atoms with Crippen molar-refractivity contribution < 1.29 is 14.3 Å². The van der Waals surface area contributed by atoms with Crippen LogP contribution >= 0.6 is 15.9 Å². The van der Waals surface area contributed by atoms with Crippen molar-refractivity contribution in [3.63, 3.8) is 0 Å². The Labute approximate surface area is 128 Å². The van der Waals surface area contributed by atoms with E-state index in [-0.39, 0.29) is 18.6 Å². The first-order chi connectivity index (χ1) is 9.63. The molecule has 0 N–H and O–H groups in total. The lowest BCUT2D eigenvalue weighted by atomic mass is 10.2. The highest BCUT2D eigenvalue weighted by atomic mass is 79.9. The molecule has 0 aliphatic carbocycles. The van der Waals surface area contributed by atoms with Gasteiger partial charge in [0.2, 0.25) is 6.10 Å². The molecule has 1 amide bonds. The molecule has 1 aromatic rings. The van der Waals surface area contributed by atoms with Crippen molar-refractivity contribution in [2.24, 2.45) is 0 Å². The molecule has 0 saturated heterocycles. The Kier molecular flexibility index (Phi) is 5.29. The van der Waals surface area contributed by atoms with Crippen LogP contribution < -0.4 is 9.47 Å². The van der Waals surface area contributed by atoms with Crippen molar-refractivity contribution in [3.8, 4) is 11.5 Å². The van der Waals surface area contributed by atoms with Gasteiger partial charge >= 0.3 is 0 Å². The summed E-state index contributed by atoms with van der Waals surface area (Å²) in [5.41, 5.74) is 0. The number of fused-ring (bicyclic) bond motifs is 1. The Balaban J connectivity index is 2.06. The summed E-state index contributed by atoms with van der Waals surface area (Å²) in [6.45, 7) is 5.03. The van der Waals surface area contributed by atoms with Crippen LogP contribution in [0.1, 0.15) is 20.3 Å². The molecule has 1 aliphatic heterocycles. The van der Waals surface area contributed by atoms with Crippen LogP contribution in [-0.4, -0.2) is 41.4 Å². The average molecular weight is 342 g/mol. The Morgan fingerprint density at radius 3 is 2.75 bits per heavy atom. The Hall–Kier alpha value is -1.23. The summed E-state index contributed by atoms with van der Waals surface area (Å²) in [7, 11) is 0. The van der Waals surface area contributed by atoms with E-state index in [4.69, 9.17) is 9.47 Å². The number of carbonyl (C=O) groups is 1. The van der Waals surface area contributed by atoms with Crippen molar-refractivity contribution in [2.75, 3.05) is 18.5 Å². The lowest BCUT2D eigenvalue weighted by Gasteiger charge is -2.33. The normalized spacial score (nSPS) is 17.1. The van der Waals surface area contributed by atoms with Gasteiger partial charge in [0.05, 0.1) is 0 Å². The van der Waals surface area contributed by atoms with Gasteiger partial charge in [-0.3, -0.25) is 4.79 Å². The number of ether oxygens (including phenoxy) is 2. The van der Waals surface area contributed by atoms with Crippen molar-refractivity contribution in [3.05, 3.63) is 24.3 Å². The van der Waals surface area contributed by atoms with E-state index in [1.807, 2.05) is 43.0 Å². The molecule has 20 heavy (non-hydrogen) atoms. The average Bonchev–Trinajstić information content (AvgIpc) is 2.46. The van der Waals surface area contributed by atoms with Crippen LogP contribution in [0.15, 0.2) is 24.3 Å². The summed E-state index contributed by atoms with van der Waals surface area (Å²) in [4.78, 5) is 14.4. The van der Waals surface area contributed by atoms with Crippen LogP contribution in [0.25, 0.3) is 0 Å². The number of halogens is 1. The van der Waals surface area contributed by atoms with Crippen LogP contribution in [-0.2, 0) is 4.79 Å². The second-order valence-electron chi connectivity index (χ2n) is 5.03. The topological polar surface area (TPSA) is 38.8 Å². The van der Waals surface area contributed by atoms with E-state index in [9.17, 15) is 4.79 Å². The largest absolute Gasteiger partial charge is 0.485 e. The number of hydrogen-bond donors (Lipinski definition) is 0. The zero-order valence-electron chi connectivity index (χ0n) is 11.8. The number of rotatable bonds is 5. The molecule has 0 bridgehead atoms. The molecule has 2 rings (SSSR count). The number of amides is 1. The molecule has 0 radical (unpaired) electrons. The number of para-hydroxylation sites is 2. The molecule has 0 fully saturated rings. The molecule has 0 spiro atoms. The van der Waals surface area contributed by atoms with E-state index < -0.39 is 6.10 Å². The summed E-state index contributed by atoms with van der Waals surface area (Å²) in [6.07, 6.45) is 0.372. The van der Waals surface area contributed by atoms with Gasteiger partial charge in [-0.2, -0.15) is 0 Å². The monoisotopic (exact) mass is 341 g/mol. The third-order valence-electron chi connectivity index (χ3n) is 3.22. The predicted molar refractivity (Wildman–Crippen MR) is 81.6 cm³/mol. The lowest BCUT2D eigenvalue weighted by Crippen LogP contribution is -2.49. The molecule has 0 saturated carbocycles. The van der Waals surface area contributed by atoms with Crippen molar-refractivity contribution in [1.29, 1.82) is 0 Å². The highest BCUT2D eigenvalue weighted by Gasteiger charge is 2.31. The molecule has 1 aromatic carbocycles. The number of benzene rings is 1. The second kappa shape index (κ2) is 6.97. The maximum atomic E-state index is 12.6. The van der Waals surface area contributed by atoms with E-state index in [0.717, 1.165) is 18.3 Å². The number of nitrogens with zero attached hydrogens (tertiary/aromatic N) is 1. The van der Waals surface area contributed by atoms with Gasteiger partial charge in [-0.25, -0.2) is 0 Å². The maximum Gasteiger partial charge on any atom is 0.267 e. The third-order valence-corrected chi connectivity index (χ3v) is 3.78. The minimum absolute atomic E-state index is 0.00421. The molecule has 110 valence electrons. The van der Waals surface area contributed by atoms with E-state index in [1.165, 1.54) is 0 Å². The van der Waals surface area contributed by atoms with Gasteiger partial charge in [0.15, 0.2) is 11.5 Å². The van der Waals surface area contributed by atoms with Gasteiger partial charge in [0, 0.05) is 17.9 Å². The molecule has 1 aliphatic rings. The van der Waals surface area contributed by atoms with E-state index in [2.05, 4.69) is 15.9 Å². The van der Waals surface area contributed by atoms with Crippen molar-refractivity contribution in [1.82, 2.24) is 4.90 Å². The first-order valence-electron chi connectivity index (χ1n) is 6.88. The molecular weight excluding hydrogens is 322 g/mol. The van der Waals surface area contributed by atoms with E-state index in [1.54, 1.807) is 0 Å². The zero-order valence-corrected chi connectivity index (χ0v) is 13.4. The highest BCUT2D eigenvalue weighted by molar-refractivity contribution is 9.09. The molecule has 1 heterocycles. The Morgan fingerprint density at radius 2 is 2.10 bits per heavy atom. The first-order valence-corrected chi connectivity index (χ1v) is 8.00. The summed E-state index contributed by atoms with van der Waals surface area (Å²) in [6, 6.07) is 7.59. The Bertz CT molecular complexity index is 464. The fraction of sp³-hybridized carbons (Fsp3) is 0.533. The van der Waals surface area contributed by atoms with Crippen molar-refractivity contribution in [2.45, 2.75) is 32.4 Å².